The number of hydrogen-bond acceptors (Lipinski definition) is 4. The smallest absolute Gasteiger partial charge is 0.316 e. The largest absolute Gasteiger partial charge is 0.468 e. The molecule has 4 heteroatoms. The van der Waals surface area contributed by atoms with E-state index in [9.17, 15) is 4.79 Å². The van der Waals surface area contributed by atoms with Crippen molar-refractivity contribution < 1.29 is 9.53 Å². The lowest BCUT2D eigenvalue weighted by Gasteiger charge is -2.42. The molecule has 1 heterocycles. The van der Waals surface area contributed by atoms with E-state index in [2.05, 4.69) is 24.4 Å². The minimum Gasteiger partial charge on any atom is -0.468 e. The van der Waals surface area contributed by atoms with Crippen LogP contribution in [0, 0.1) is 5.92 Å². The van der Waals surface area contributed by atoms with Crippen LogP contribution in [-0.4, -0.2) is 26.2 Å². The number of esters is 1. The third-order valence-corrected chi connectivity index (χ3v) is 4.26. The van der Waals surface area contributed by atoms with E-state index in [-0.39, 0.29) is 12.1 Å². The lowest BCUT2D eigenvalue weighted by molar-refractivity contribution is -0.151. The van der Waals surface area contributed by atoms with Crippen molar-refractivity contribution in [3.05, 3.63) is 35.9 Å². The molecular formula is C16H26N2O2. The van der Waals surface area contributed by atoms with Crippen LogP contribution in [0.15, 0.2) is 30.3 Å². The fraction of sp³-hybridized carbons (Fsp3) is 0.562. The number of methoxy groups -OCH3 is 1. The summed E-state index contributed by atoms with van der Waals surface area (Å²) in [5.41, 5.74) is 0.624. The molecule has 0 aromatic heterocycles. The first-order valence-electron chi connectivity index (χ1n) is 7.10. The first-order valence-corrected chi connectivity index (χ1v) is 7.10. The fourth-order valence-electron chi connectivity index (χ4n) is 3.32. The number of benzene rings is 1. The van der Waals surface area contributed by atoms with Crippen molar-refractivity contribution in [1.29, 1.82) is 0 Å². The molecule has 1 aromatic carbocycles. The molecule has 1 saturated heterocycles. The van der Waals surface area contributed by atoms with Crippen LogP contribution in [0.1, 0.15) is 31.7 Å². The average molecular weight is 278 g/mol. The quantitative estimate of drug-likeness (QED) is 0.830. The highest BCUT2D eigenvalue weighted by molar-refractivity contribution is 5.84. The van der Waals surface area contributed by atoms with Crippen molar-refractivity contribution in [2.45, 2.75) is 31.6 Å². The third kappa shape index (κ3) is 2.86. The van der Waals surface area contributed by atoms with Gasteiger partial charge in [0.2, 0.25) is 0 Å². The van der Waals surface area contributed by atoms with Crippen molar-refractivity contribution in [1.82, 2.24) is 11.5 Å². The van der Waals surface area contributed by atoms with E-state index in [1.165, 1.54) is 7.11 Å². The van der Waals surface area contributed by atoms with Crippen LogP contribution in [0.2, 0.25) is 0 Å². The van der Waals surface area contributed by atoms with Gasteiger partial charge < -0.3 is 16.2 Å². The second-order valence-corrected chi connectivity index (χ2v) is 5.27. The van der Waals surface area contributed by atoms with Gasteiger partial charge in [-0.05, 0) is 37.4 Å². The Hall–Kier alpha value is -1.39. The number of rotatable bonds is 4. The second kappa shape index (κ2) is 7.41. The second-order valence-electron chi connectivity index (χ2n) is 5.27. The van der Waals surface area contributed by atoms with E-state index in [0.29, 0.717) is 5.92 Å². The minimum atomic E-state index is -0.475. The van der Waals surface area contributed by atoms with Crippen LogP contribution < -0.4 is 11.5 Å². The fourth-order valence-corrected chi connectivity index (χ4v) is 3.32. The summed E-state index contributed by atoms with van der Waals surface area (Å²) in [4.78, 5) is 12.5. The summed E-state index contributed by atoms with van der Waals surface area (Å²) in [6, 6.07) is 10.1. The summed E-state index contributed by atoms with van der Waals surface area (Å²) < 4.78 is 5.16. The first kappa shape index (κ1) is 16.7. The van der Waals surface area contributed by atoms with Crippen LogP contribution in [0.25, 0.3) is 0 Å². The highest BCUT2D eigenvalue weighted by Crippen LogP contribution is 2.41. The number of piperidine rings is 1. The van der Waals surface area contributed by atoms with Gasteiger partial charge in [0.15, 0.2) is 0 Å². The third-order valence-electron chi connectivity index (χ3n) is 4.26. The van der Waals surface area contributed by atoms with Crippen LogP contribution in [0.5, 0.6) is 0 Å². The molecule has 1 fully saturated rings. The molecule has 4 N–H and O–H groups in total. The highest BCUT2D eigenvalue weighted by Gasteiger charge is 2.48. The molecule has 0 spiro atoms. The van der Waals surface area contributed by atoms with Gasteiger partial charge in [0.1, 0.15) is 0 Å². The summed E-state index contributed by atoms with van der Waals surface area (Å²) >= 11 is 0. The summed E-state index contributed by atoms with van der Waals surface area (Å²) in [5.74, 6) is 0.222. The molecule has 0 radical (unpaired) electrons. The lowest BCUT2D eigenvalue weighted by Crippen LogP contribution is -2.53. The summed E-state index contributed by atoms with van der Waals surface area (Å²) in [7, 11) is 1.50. The van der Waals surface area contributed by atoms with Crippen LogP contribution in [-0.2, 0) is 14.9 Å². The number of hydrogen-bond donors (Lipinski definition) is 2. The summed E-state index contributed by atoms with van der Waals surface area (Å²) in [6.07, 6.45) is 2.93. The van der Waals surface area contributed by atoms with Crippen molar-refractivity contribution in [2.75, 3.05) is 20.2 Å². The van der Waals surface area contributed by atoms with Gasteiger partial charge in [-0.15, -0.1) is 0 Å². The van der Waals surface area contributed by atoms with Gasteiger partial charge in [0, 0.05) is 0 Å². The zero-order valence-corrected chi connectivity index (χ0v) is 12.5. The predicted molar refractivity (Wildman–Crippen MR) is 81.0 cm³/mol. The number of carbonyl (C=O) groups excluding carboxylic acids is 1. The molecular weight excluding hydrogens is 252 g/mol. The van der Waals surface area contributed by atoms with E-state index in [1.807, 2.05) is 18.2 Å². The molecule has 1 aromatic rings. The molecule has 2 rings (SSSR count). The molecule has 0 aliphatic carbocycles. The van der Waals surface area contributed by atoms with Crippen molar-refractivity contribution in [3.63, 3.8) is 0 Å². The average Bonchev–Trinajstić information content (AvgIpc) is 2.48. The monoisotopic (exact) mass is 278 g/mol. The Morgan fingerprint density at radius 2 is 2.10 bits per heavy atom. The molecule has 0 amide bonds. The van der Waals surface area contributed by atoms with Crippen molar-refractivity contribution in [2.24, 2.45) is 5.92 Å². The van der Waals surface area contributed by atoms with Crippen LogP contribution in [0.3, 0.4) is 0 Å². The molecule has 1 aliphatic rings. The van der Waals surface area contributed by atoms with Gasteiger partial charge in [-0.1, -0.05) is 43.7 Å². The normalized spacial score (nSPS) is 25.6. The van der Waals surface area contributed by atoms with E-state index < -0.39 is 5.41 Å². The maximum absolute atomic E-state index is 12.5. The van der Waals surface area contributed by atoms with E-state index in [4.69, 9.17) is 4.74 Å². The minimum absolute atomic E-state index is 0. The molecule has 0 saturated carbocycles. The SMILES string of the molecule is CCCC1CNCCC1(C(=O)OC)c1ccccc1.N. The Balaban J connectivity index is 0.00000200. The van der Waals surface area contributed by atoms with Gasteiger partial charge in [-0.3, -0.25) is 4.79 Å². The maximum atomic E-state index is 12.5. The number of nitrogens with one attached hydrogen (secondary N) is 1. The Labute approximate surface area is 121 Å². The summed E-state index contributed by atoms with van der Waals surface area (Å²) in [6.45, 7) is 3.92. The molecule has 20 heavy (non-hydrogen) atoms. The molecule has 2 atom stereocenters. The maximum Gasteiger partial charge on any atom is 0.316 e. The Kier molecular flexibility index (Phi) is 6.17. The summed E-state index contributed by atoms with van der Waals surface area (Å²) in [5, 5.41) is 3.42. The highest BCUT2D eigenvalue weighted by atomic mass is 16.5. The van der Waals surface area contributed by atoms with E-state index >= 15 is 0 Å². The van der Waals surface area contributed by atoms with Crippen LogP contribution in [0.4, 0.5) is 0 Å². The van der Waals surface area contributed by atoms with Gasteiger partial charge >= 0.3 is 5.97 Å². The molecule has 0 bridgehead atoms. The lowest BCUT2D eigenvalue weighted by atomic mass is 9.65. The predicted octanol–water partition coefficient (Wildman–Crippen LogP) is 2.67. The Morgan fingerprint density at radius 3 is 2.70 bits per heavy atom. The zero-order chi connectivity index (χ0) is 13.7. The topological polar surface area (TPSA) is 73.3 Å². The van der Waals surface area contributed by atoms with Gasteiger partial charge in [0.25, 0.3) is 0 Å². The Bertz CT molecular complexity index is 420. The van der Waals surface area contributed by atoms with E-state index in [0.717, 1.165) is 37.9 Å². The molecule has 2 unspecified atom stereocenters. The zero-order valence-electron chi connectivity index (χ0n) is 12.5. The van der Waals surface area contributed by atoms with Gasteiger partial charge in [0.05, 0.1) is 12.5 Å². The van der Waals surface area contributed by atoms with Gasteiger partial charge in [-0.25, -0.2) is 0 Å². The molecule has 1 aliphatic heterocycles. The molecule has 4 nitrogen and oxygen atoms in total. The number of carbonyl (C=O) groups is 1. The Morgan fingerprint density at radius 1 is 1.40 bits per heavy atom. The standard InChI is InChI=1S/C16H23NO2.H3N/c1-3-7-14-12-17-11-10-16(14,15(18)19-2)13-8-5-4-6-9-13;/h4-6,8-9,14,17H,3,7,10-12H2,1-2H3;1H3. The van der Waals surface area contributed by atoms with Crippen LogP contribution >= 0.6 is 0 Å². The number of ether oxygens (including phenoxy) is 1. The van der Waals surface area contributed by atoms with Crippen molar-refractivity contribution in [3.8, 4) is 0 Å². The molecule has 112 valence electrons. The first-order chi connectivity index (χ1) is 9.25. The van der Waals surface area contributed by atoms with Crippen molar-refractivity contribution >= 4 is 5.97 Å². The van der Waals surface area contributed by atoms with Gasteiger partial charge in [-0.2, -0.15) is 0 Å². The van der Waals surface area contributed by atoms with E-state index in [1.54, 1.807) is 0 Å².